The lowest BCUT2D eigenvalue weighted by molar-refractivity contribution is -0.137. The molecule has 0 aliphatic carbocycles. The van der Waals surface area contributed by atoms with Gasteiger partial charge in [0.1, 0.15) is 0 Å². The highest BCUT2D eigenvalue weighted by Crippen LogP contribution is 2.31. The fourth-order valence-corrected chi connectivity index (χ4v) is 3.43. The maximum atomic E-state index is 13.0. The van der Waals surface area contributed by atoms with Gasteiger partial charge in [-0.2, -0.15) is 18.3 Å². The largest absolute Gasteiger partial charge is 0.493 e. The maximum Gasteiger partial charge on any atom is 0.416 e. The summed E-state index contributed by atoms with van der Waals surface area (Å²) in [5.41, 5.74) is -0.211. The van der Waals surface area contributed by atoms with Crippen molar-refractivity contribution in [2.45, 2.75) is 33.4 Å². The van der Waals surface area contributed by atoms with Crippen LogP contribution in [-0.4, -0.2) is 65.3 Å². The van der Waals surface area contributed by atoms with E-state index in [4.69, 9.17) is 4.74 Å². The smallest absolute Gasteiger partial charge is 0.416 e. The molecule has 9 heteroatoms. The topological polar surface area (TPSA) is 50.6 Å². The second-order valence-electron chi connectivity index (χ2n) is 8.98. The van der Waals surface area contributed by atoms with Crippen LogP contribution < -0.4 is 4.74 Å². The predicted octanol–water partition coefficient (Wildman–Crippen LogP) is 4.09. The molecule has 0 radical (unpaired) electrons. The van der Waals surface area contributed by atoms with Gasteiger partial charge >= 0.3 is 6.18 Å². The normalized spacial score (nSPS) is 15.9. The SMILES string of the molecule is COc1cn(-c2cccc(C(F)(F)F)c2)nc1C(=O)N1CCN(CCC(C)(C)C)CC1. The molecular formula is C22H29F3N4O2. The zero-order valence-corrected chi connectivity index (χ0v) is 18.4. The number of halogens is 3. The minimum absolute atomic E-state index is 0.100. The van der Waals surface area contributed by atoms with Gasteiger partial charge in [0.2, 0.25) is 0 Å². The number of alkyl halides is 3. The Hall–Kier alpha value is -2.55. The lowest BCUT2D eigenvalue weighted by atomic mass is 9.92. The first-order valence-electron chi connectivity index (χ1n) is 10.3. The van der Waals surface area contributed by atoms with Crippen molar-refractivity contribution in [1.29, 1.82) is 0 Å². The molecule has 170 valence electrons. The molecular weight excluding hydrogens is 409 g/mol. The second kappa shape index (κ2) is 8.90. The summed E-state index contributed by atoms with van der Waals surface area (Å²) >= 11 is 0. The number of hydrogen-bond acceptors (Lipinski definition) is 4. The lowest BCUT2D eigenvalue weighted by Gasteiger charge is -2.35. The number of nitrogens with zero attached hydrogens (tertiary/aromatic N) is 4. The van der Waals surface area contributed by atoms with E-state index in [1.54, 1.807) is 4.90 Å². The molecule has 6 nitrogen and oxygen atoms in total. The minimum atomic E-state index is -4.46. The zero-order valence-electron chi connectivity index (χ0n) is 18.4. The molecule has 1 aliphatic heterocycles. The van der Waals surface area contributed by atoms with Crippen molar-refractivity contribution in [2.75, 3.05) is 39.8 Å². The predicted molar refractivity (Wildman–Crippen MR) is 112 cm³/mol. The van der Waals surface area contributed by atoms with Gasteiger partial charge in [-0.3, -0.25) is 9.69 Å². The van der Waals surface area contributed by atoms with E-state index >= 15 is 0 Å². The quantitative estimate of drug-likeness (QED) is 0.706. The molecule has 1 fully saturated rings. The van der Waals surface area contributed by atoms with Crippen LogP contribution in [0.15, 0.2) is 30.5 Å². The van der Waals surface area contributed by atoms with Gasteiger partial charge in [-0.1, -0.05) is 26.8 Å². The van der Waals surface area contributed by atoms with Gasteiger partial charge in [-0.15, -0.1) is 0 Å². The van der Waals surface area contributed by atoms with E-state index in [0.717, 1.165) is 38.2 Å². The molecule has 0 N–H and O–H groups in total. The number of ether oxygens (including phenoxy) is 1. The van der Waals surface area contributed by atoms with Crippen LogP contribution in [0.2, 0.25) is 0 Å². The summed E-state index contributed by atoms with van der Waals surface area (Å²) in [7, 11) is 1.41. The molecule has 2 aromatic rings. The number of hydrogen-bond donors (Lipinski definition) is 0. The Morgan fingerprint density at radius 2 is 1.81 bits per heavy atom. The molecule has 0 atom stereocenters. The van der Waals surface area contributed by atoms with Gasteiger partial charge in [0.25, 0.3) is 5.91 Å². The van der Waals surface area contributed by atoms with E-state index < -0.39 is 11.7 Å². The summed E-state index contributed by atoms with van der Waals surface area (Å²) in [4.78, 5) is 17.1. The summed E-state index contributed by atoms with van der Waals surface area (Å²) in [5.74, 6) is -0.0457. The average molecular weight is 438 g/mol. The number of amides is 1. The van der Waals surface area contributed by atoms with Gasteiger partial charge in [0, 0.05) is 26.2 Å². The molecule has 1 aromatic carbocycles. The molecule has 0 saturated carbocycles. The van der Waals surface area contributed by atoms with Gasteiger partial charge in [-0.25, -0.2) is 4.68 Å². The number of benzene rings is 1. The third-order valence-electron chi connectivity index (χ3n) is 5.38. The van der Waals surface area contributed by atoms with E-state index in [2.05, 4.69) is 30.8 Å². The van der Waals surface area contributed by atoms with Crippen molar-refractivity contribution < 1.29 is 22.7 Å². The monoisotopic (exact) mass is 438 g/mol. The van der Waals surface area contributed by atoms with Crippen molar-refractivity contribution in [1.82, 2.24) is 19.6 Å². The van der Waals surface area contributed by atoms with E-state index in [0.29, 0.717) is 13.1 Å². The molecule has 0 unspecified atom stereocenters. The first-order valence-corrected chi connectivity index (χ1v) is 10.3. The van der Waals surface area contributed by atoms with Crippen molar-refractivity contribution >= 4 is 5.91 Å². The van der Waals surface area contributed by atoms with Gasteiger partial charge in [0.05, 0.1) is 24.6 Å². The second-order valence-corrected chi connectivity index (χ2v) is 8.98. The van der Waals surface area contributed by atoms with Gasteiger partial charge < -0.3 is 9.64 Å². The summed E-state index contributed by atoms with van der Waals surface area (Å²) in [6.07, 6.45) is -1.95. The molecule has 3 rings (SSSR count). The highest BCUT2D eigenvalue weighted by molar-refractivity contribution is 5.95. The number of carbonyl (C=O) groups excluding carboxylic acids is 1. The van der Waals surface area contributed by atoms with Crippen molar-refractivity contribution in [2.24, 2.45) is 5.41 Å². The Bertz CT molecular complexity index is 910. The Morgan fingerprint density at radius 3 is 2.39 bits per heavy atom. The molecule has 0 bridgehead atoms. The van der Waals surface area contributed by atoms with Crippen LogP contribution in [0.4, 0.5) is 13.2 Å². The molecule has 31 heavy (non-hydrogen) atoms. The van der Waals surface area contributed by atoms with Crippen LogP contribution >= 0.6 is 0 Å². The minimum Gasteiger partial charge on any atom is -0.493 e. The van der Waals surface area contributed by atoms with E-state index in [1.165, 1.54) is 30.1 Å². The molecule has 1 saturated heterocycles. The fraction of sp³-hybridized carbons (Fsp3) is 0.545. The van der Waals surface area contributed by atoms with Crippen molar-refractivity contribution in [3.05, 3.63) is 41.7 Å². The van der Waals surface area contributed by atoms with Crippen LogP contribution in [-0.2, 0) is 6.18 Å². The van der Waals surface area contributed by atoms with Gasteiger partial charge in [-0.05, 0) is 36.6 Å². The Kier molecular flexibility index (Phi) is 6.64. The Balaban J connectivity index is 1.73. The molecule has 2 heterocycles. The van der Waals surface area contributed by atoms with E-state index in [-0.39, 0.29) is 28.5 Å². The third kappa shape index (κ3) is 5.78. The van der Waals surface area contributed by atoms with Gasteiger partial charge in [0.15, 0.2) is 11.4 Å². The fourth-order valence-electron chi connectivity index (χ4n) is 3.43. The molecule has 1 aliphatic rings. The Labute approximate surface area is 180 Å². The average Bonchev–Trinajstić information content (AvgIpc) is 3.15. The zero-order chi connectivity index (χ0) is 22.8. The summed E-state index contributed by atoms with van der Waals surface area (Å²) in [6.45, 7) is 10.3. The number of carbonyl (C=O) groups is 1. The highest BCUT2D eigenvalue weighted by atomic mass is 19.4. The lowest BCUT2D eigenvalue weighted by Crippen LogP contribution is -2.49. The van der Waals surface area contributed by atoms with Crippen molar-refractivity contribution in [3.63, 3.8) is 0 Å². The first-order chi connectivity index (χ1) is 14.5. The van der Waals surface area contributed by atoms with Crippen LogP contribution in [0.25, 0.3) is 5.69 Å². The third-order valence-corrected chi connectivity index (χ3v) is 5.38. The van der Waals surface area contributed by atoms with E-state index in [1.807, 2.05) is 0 Å². The molecule has 1 aromatic heterocycles. The summed E-state index contributed by atoms with van der Waals surface area (Å²) < 4.78 is 45.7. The first kappa shape index (κ1) is 23.1. The highest BCUT2D eigenvalue weighted by Gasteiger charge is 2.31. The van der Waals surface area contributed by atoms with Crippen LogP contribution in [0.3, 0.4) is 0 Å². The summed E-state index contributed by atoms with van der Waals surface area (Å²) in [5, 5.41) is 4.26. The standard InChI is InChI=1S/C22H29F3N4O2/c1-21(2,3)8-9-27-10-12-28(13-11-27)20(30)19-18(31-4)15-29(26-19)17-7-5-6-16(14-17)22(23,24)25/h5-7,14-15H,8-13H2,1-4H3. The number of aromatic nitrogens is 2. The van der Waals surface area contributed by atoms with E-state index in [9.17, 15) is 18.0 Å². The van der Waals surface area contributed by atoms with Crippen LogP contribution in [0.5, 0.6) is 5.75 Å². The number of rotatable bonds is 5. The van der Waals surface area contributed by atoms with Crippen LogP contribution in [0.1, 0.15) is 43.2 Å². The molecule has 0 spiro atoms. The number of piperazine rings is 1. The van der Waals surface area contributed by atoms with Crippen molar-refractivity contribution in [3.8, 4) is 11.4 Å². The Morgan fingerprint density at radius 1 is 1.13 bits per heavy atom. The summed E-state index contributed by atoms with van der Waals surface area (Å²) in [6, 6.07) is 4.80. The van der Waals surface area contributed by atoms with Crippen LogP contribution in [0, 0.1) is 5.41 Å². The maximum absolute atomic E-state index is 13.0. The molecule has 1 amide bonds. The number of methoxy groups -OCH3 is 1.